The molecular weight excluding hydrogens is 349 g/mol. The Morgan fingerprint density at radius 3 is 2.50 bits per heavy atom. The summed E-state index contributed by atoms with van der Waals surface area (Å²) in [5.74, 6) is -7.88. The number of rotatable bonds is 4. The number of halogens is 6. The van der Waals surface area contributed by atoms with Gasteiger partial charge in [0.2, 0.25) is 5.83 Å². The lowest BCUT2D eigenvalue weighted by atomic mass is 10.0. The summed E-state index contributed by atoms with van der Waals surface area (Å²) in [5, 5.41) is 10.4. The summed E-state index contributed by atoms with van der Waals surface area (Å²) >= 11 is 7.17. The van der Waals surface area contributed by atoms with Gasteiger partial charge in [-0.2, -0.15) is 13.2 Å². The molecule has 0 aromatic carbocycles. The summed E-state index contributed by atoms with van der Waals surface area (Å²) in [6, 6.07) is 0. The fourth-order valence-electron chi connectivity index (χ4n) is 1.16. The highest BCUT2D eigenvalue weighted by atomic mass is 79.9. The third-order valence-corrected chi connectivity index (χ3v) is 3.01. The highest BCUT2D eigenvalue weighted by molar-refractivity contribution is 9.10. The lowest BCUT2D eigenvalue weighted by molar-refractivity contribution is -0.425. The van der Waals surface area contributed by atoms with Crippen LogP contribution in [0.5, 0.6) is 0 Å². The number of ether oxygens (including phenoxy) is 1. The van der Waals surface area contributed by atoms with Crippen LogP contribution in [0.2, 0.25) is 0 Å². The van der Waals surface area contributed by atoms with Crippen LogP contribution >= 0.6 is 27.5 Å². The average Bonchev–Trinajstić information content (AvgIpc) is 2.23. The minimum Gasteiger partial charge on any atom is -0.489 e. The molecule has 0 bridgehead atoms. The van der Waals surface area contributed by atoms with Crippen LogP contribution in [-0.4, -0.2) is 27.9 Å². The first-order chi connectivity index (χ1) is 8.15. The highest BCUT2D eigenvalue weighted by Gasteiger charge is 2.62. The van der Waals surface area contributed by atoms with Gasteiger partial charge in [0.1, 0.15) is 6.61 Å². The van der Waals surface area contributed by atoms with E-state index in [0.717, 1.165) is 0 Å². The minimum absolute atomic E-state index is 0.233. The molecule has 0 spiro atoms. The molecule has 0 aliphatic heterocycles. The van der Waals surface area contributed by atoms with Crippen LogP contribution < -0.4 is 0 Å². The Morgan fingerprint density at radius 1 is 1.50 bits per heavy atom. The second-order valence-corrected chi connectivity index (χ2v) is 4.64. The standard InChI is InChI=1S/C8H5BrClF4NO3/c9-8(14)6(18-2-1-10)5(11)4(15(16)17)3-7(8,12)13/h3H,1-2H2. The molecule has 0 N–H and O–H groups in total. The summed E-state index contributed by atoms with van der Waals surface area (Å²) in [7, 11) is 0. The van der Waals surface area contributed by atoms with E-state index in [1.165, 1.54) is 0 Å². The van der Waals surface area contributed by atoms with Gasteiger partial charge in [0.05, 0.1) is 16.9 Å². The Hall–Kier alpha value is -0.830. The fourth-order valence-corrected chi connectivity index (χ4v) is 1.64. The average molecular weight is 354 g/mol. The van der Waals surface area contributed by atoms with Crippen LogP contribution in [0.15, 0.2) is 23.4 Å². The maximum absolute atomic E-state index is 13.8. The Morgan fingerprint density at radius 2 is 2.06 bits per heavy atom. The van der Waals surface area contributed by atoms with Crippen molar-refractivity contribution in [2.24, 2.45) is 0 Å². The Balaban J connectivity index is 3.33. The summed E-state index contributed by atoms with van der Waals surface area (Å²) in [6.45, 7) is -0.483. The molecule has 1 aliphatic rings. The van der Waals surface area contributed by atoms with Gasteiger partial charge < -0.3 is 4.74 Å². The van der Waals surface area contributed by atoms with Crippen LogP contribution in [0.25, 0.3) is 0 Å². The number of allylic oxidation sites excluding steroid dienone is 3. The van der Waals surface area contributed by atoms with Gasteiger partial charge in [-0.3, -0.25) is 10.1 Å². The number of hydrogen-bond donors (Lipinski definition) is 0. The molecule has 18 heavy (non-hydrogen) atoms. The highest BCUT2D eigenvalue weighted by Crippen LogP contribution is 2.50. The van der Waals surface area contributed by atoms with Crippen molar-refractivity contribution in [2.75, 3.05) is 12.5 Å². The Kier molecular flexibility index (Phi) is 4.26. The molecule has 4 nitrogen and oxygen atoms in total. The topological polar surface area (TPSA) is 52.4 Å². The van der Waals surface area contributed by atoms with Gasteiger partial charge in [0.15, 0.2) is 5.76 Å². The van der Waals surface area contributed by atoms with E-state index in [1.54, 1.807) is 0 Å². The molecular formula is C8H5BrClF4NO3. The molecule has 0 aromatic rings. The van der Waals surface area contributed by atoms with Crippen molar-refractivity contribution in [3.8, 4) is 0 Å². The van der Waals surface area contributed by atoms with E-state index in [4.69, 9.17) is 11.6 Å². The van der Waals surface area contributed by atoms with Crippen molar-refractivity contribution in [1.29, 1.82) is 0 Å². The van der Waals surface area contributed by atoms with Crippen molar-refractivity contribution in [1.82, 2.24) is 0 Å². The number of nitrogens with zero attached hydrogens (tertiary/aromatic N) is 1. The molecule has 1 rings (SSSR count). The van der Waals surface area contributed by atoms with Crippen molar-refractivity contribution < 1.29 is 27.2 Å². The zero-order chi connectivity index (χ0) is 14.1. The van der Waals surface area contributed by atoms with Crippen LogP contribution in [0, 0.1) is 10.1 Å². The zero-order valence-corrected chi connectivity index (χ0v) is 10.8. The normalized spacial score (nSPS) is 26.9. The van der Waals surface area contributed by atoms with Crippen molar-refractivity contribution in [3.63, 3.8) is 0 Å². The SMILES string of the molecule is O=[N+]([O-])C1=CC(F)(F)C(F)(Br)C(OCCCl)=C1F. The molecule has 0 fully saturated rings. The lowest BCUT2D eigenvalue weighted by Gasteiger charge is -2.30. The van der Waals surface area contributed by atoms with E-state index in [1.807, 2.05) is 15.9 Å². The van der Waals surface area contributed by atoms with E-state index in [0.29, 0.717) is 0 Å². The molecule has 1 aliphatic carbocycles. The number of nitro groups is 1. The van der Waals surface area contributed by atoms with Gasteiger partial charge in [0.25, 0.3) is 4.58 Å². The number of hydrogen-bond acceptors (Lipinski definition) is 3. The second-order valence-electron chi connectivity index (χ2n) is 3.16. The summed E-state index contributed by atoms with van der Waals surface area (Å²) in [4.78, 5) is 9.00. The number of alkyl halides is 5. The molecule has 0 amide bonds. The molecule has 0 radical (unpaired) electrons. The first kappa shape index (κ1) is 15.2. The summed E-state index contributed by atoms with van der Waals surface area (Å²) in [6.07, 6.45) is -0.412. The van der Waals surface area contributed by atoms with E-state index in [9.17, 15) is 27.7 Å². The van der Waals surface area contributed by atoms with Crippen LogP contribution in [0.3, 0.4) is 0 Å². The predicted octanol–water partition coefficient (Wildman–Crippen LogP) is 3.29. The second kappa shape index (κ2) is 5.04. The van der Waals surface area contributed by atoms with E-state index in [-0.39, 0.29) is 5.88 Å². The minimum atomic E-state index is -4.34. The summed E-state index contributed by atoms with van der Waals surface area (Å²) < 4.78 is 54.6. The largest absolute Gasteiger partial charge is 0.489 e. The van der Waals surface area contributed by atoms with Crippen molar-refractivity contribution >= 4 is 27.5 Å². The molecule has 1 unspecified atom stereocenters. The molecule has 0 aromatic heterocycles. The smallest absolute Gasteiger partial charge is 0.324 e. The summed E-state index contributed by atoms with van der Waals surface area (Å²) in [5.41, 5.74) is -1.56. The Bertz CT molecular complexity index is 438. The molecule has 0 heterocycles. The monoisotopic (exact) mass is 353 g/mol. The van der Waals surface area contributed by atoms with Gasteiger partial charge in [-0.15, -0.1) is 11.6 Å². The van der Waals surface area contributed by atoms with Gasteiger partial charge >= 0.3 is 11.6 Å². The van der Waals surface area contributed by atoms with Crippen molar-refractivity contribution in [3.05, 3.63) is 33.5 Å². The molecule has 0 saturated carbocycles. The molecule has 10 heteroatoms. The molecule has 1 atom stereocenters. The van der Waals surface area contributed by atoms with Gasteiger partial charge in [-0.1, -0.05) is 0 Å². The maximum atomic E-state index is 13.8. The van der Waals surface area contributed by atoms with Crippen molar-refractivity contribution in [2.45, 2.75) is 10.5 Å². The van der Waals surface area contributed by atoms with E-state index >= 15 is 0 Å². The van der Waals surface area contributed by atoms with Gasteiger partial charge in [0, 0.05) is 0 Å². The first-order valence-electron chi connectivity index (χ1n) is 4.37. The first-order valence-corrected chi connectivity index (χ1v) is 5.70. The predicted molar refractivity (Wildman–Crippen MR) is 57.6 cm³/mol. The maximum Gasteiger partial charge on any atom is 0.324 e. The quantitative estimate of drug-likeness (QED) is 0.337. The van der Waals surface area contributed by atoms with Crippen LogP contribution in [0.4, 0.5) is 17.6 Å². The van der Waals surface area contributed by atoms with Crippen LogP contribution in [-0.2, 0) is 4.74 Å². The lowest BCUT2D eigenvalue weighted by Crippen LogP contribution is -2.43. The van der Waals surface area contributed by atoms with E-state index in [2.05, 4.69) is 4.74 Å². The third-order valence-electron chi connectivity index (χ3n) is 1.97. The van der Waals surface area contributed by atoms with Crippen LogP contribution in [0.1, 0.15) is 0 Å². The zero-order valence-electron chi connectivity index (χ0n) is 8.43. The molecule has 102 valence electrons. The Labute approximate surface area is 112 Å². The fraction of sp³-hybridized carbons (Fsp3) is 0.500. The third kappa shape index (κ3) is 2.46. The van der Waals surface area contributed by atoms with Gasteiger partial charge in [-0.25, -0.2) is 4.39 Å². The molecule has 0 saturated heterocycles. The van der Waals surface area contributed by atoms with Gasteiger partial charge in [-0.05, 0) is 15.9 Å². The van der Waals surface area contributed by atoms with E-state index < -0.39 is 45.4 Å².